The maximum absolute atomic E-state index is 10.5. The topological polar surface area (TPSA) is 55.1 Å². The van der Waals surface area contributed by atoms with E-state index in [2.05, 4.69) is 25.9 Å². The molecule has 0 aliphatic rings. The van der Waals surface area contributed by atoms with Crippen molar-refractivity contribution >= 4 is 5.97 Å². The molecule has 0 spiro atoms. The van der Waals surface area contributed by atoms with E-state index in [0.717, 1.165) is 17.7 Å². The van der Waals surface area contributed by atoms with Crippen molar-refractivity contribution in [2.75, 3.05) is 0 Å². The second-order valence-corrected chi connectivity index (χ2v) is 3.90. The third-order valence-corrected chi connectivity index (χ3v) is 2.42. The Morgan fingerprint density at radius 1 is 1.60 bits per heavy atom. The van der Waals surface area contributed by atoms with E-state index in [4.69, 9.17) is 5.11 Å². The number of hydrogen-bond donors (Lipinski definition) is 1. The van der Waals surface area contributed by atoms with Crippen LogP contribution in [0.5, 0.6) is 0 Å². The molecule has 0 aliphatic carbocycles. The van der Waals surface area contributed by atoms with Crippen LogP contribution >= 0.6 is 0 Å². The lowest BCUT2D eigenvalue weighted by atomic mass is 10.1. The molecule has 0 aliphatic heterocycles. The first-order valence-electron chi connectivity index (χ1n) is 5.33. The van der Waals surface area contributed by atoms with Crippen LogP contribution in [0.3, 0.4) is 0 Å². The Bertz CT molecular complexity index is 342. The van der Waals surface area contributed by atoms with Crippen LogP contribution in [0.1, 0.15) is 44.5 Å². The van der Waals surface area contributed by atoms with Gasteiger partial charge >= 0.3 is 5.97 Å². The van der Waals surface area contributed by atoms with Gasteiger partial charge in [-0.25, -0.2) is 0 Å². The van der Waals surface area contributed by atoms with E-state index in [1.807, 2.05) is 4.68 Å². The van der Waals surface area contributed by atoms with Gasteiger partial charge in [0, 0.05) is 18.2 Å². The van der Waals surface area contributed by atoms with Crippen LogP contribution in [0.25, 0.3) is 0 Å². The Hall–Kier alpha value is -1.32. The Morgan fingerprint density at radius 3 is 2.73 bits per heavy atom. The number of carboxylic acid groups (broad SMARTS) is 1. The molecule has 1 rings (SSSR count). The molecule has 0 unspecified atom stereocenters. The van der Waals surface area contributed by atoms with Crippen LogP contribution in [0, 0.1) is 0 Å². The van der Waals surface area contributed by atoms with Crippen molar-refractivity contribution in [3.63, 3.8) is 0 Å². The first-order valence-corrected chi connectivity index (χ1v) is 5.33. The molecular formula is C11H18N2O2. The smallest absolute Gasteiger partial charge is 0.303 e. The Kier molecular flexibility index (Phi) is 3.88. The first kappa shape index (κ1) is 11.8. The molecule has 0 saturated carbocycles. The highest BCUT2D eigenvalue weighted by molar-refractivity contribution is 5.67. The predicted octanol–water partition coefficient (Wildman–Crippen LogP) is 2.04. The molecular weight excluding hydrogens is 192 g/mol. The van der Waals surface area contributed by atoms with Gasteiger partial charge in [0.25, 0.3) is 0 Å². The van der Waals surface area contributed by atoms with Gasteiger partial charge in [0.1, 0.15) is 0 Å². The highest BCUT2D eigenvalue weighted by atomic mass is 16.4. The molecule has 1 N–H and O–H groups in total. The third-order valence-electron chi connectivity index (χ3n) is 2.42. The minimum atomic E-state index is -0.755. The predicted molar refractivity (Wildman–Crippen MR) is 57.9 cm³/mol. The van der Waals surface area contributed by atoms with Crippen molar-refractivity contribution in [3.05, 3.63) is 17.5 Å². The molecule has 1 aromatic heterocycles. The fourth-order valence-electron chi connectivity index (χ4n) is 1.71. The lowest BCUT2D eigenvalue weighted by Gasteiger charge is -2.10. The summed E-state index contributed by atoms with van der Waals surface area (Å²) in [5.41, 5.74) is 2.22. The zero-order valence-corrected chi connectivity index (χ0v) is 9.53. The van der Waals surface area contributed by atoms with Crippen LogP contribution in [0.2, 0.25) is 0 Å². The molecule has 4 nitrogen and oxygen atoms in total. The number of carbonyl (C=O) groups is 1. The molecule has 0 radical (unpaired) electrons. The summed E-state index contributed by atoms with van der Waals surface area (Å²) in [7, 11) is 0. The van der Waals surface area contributed by atoms with E-state index in [0.29, 0.717) is 12.5 Å². The molecule has 15 heavy (non-hydrogen) atoms. The zero-order chi connectivity index (χ0) is 11.4. The maximum atomic E-state index is 10.5. The number of aryl methyl sites for hydroxylation is 1. The molecule has 4 heteroatoms. The Balaban J connectivity index is 2.84. The van der Waals surface area contributed by atoms with E-state index >= 15 is 0 Å². The molecule has 0 atom stereocenters. The summed E-state index contributed by atoms with van der Waals surface area (Å²) in [6.45, 7) is 6.22. The van der Waals surface area contributed by atoms with Crippen molar-refractivity contribution in [3.8, 4) is 0 Å². The lowest BCUT2D eigenvalue weighted by molar-refractivity contribution is -0.136. The van der Waals surface area contributed by atoms with Crippen LogP contribution < -0.4 is 0 Å². The fourth-order valence-corrected chi connectivity index (χ4v) is 1.71. The number of nitrogens with zero attached hydrogens (tertiary/aromatic N) is 2. The van der Waals surface area contributed by atoms with Crippen LogP contribution in [-0.4, -0.2) is 20.9 Å². The number of carboxylic acids is 1. The second-order valence-electron chi connectivity index (χ2n) is 3.90. The summed E-state index contributed by atoms with van der Waals surface area (Å²) in [5.74, 6) is -0.755. The monoisotopic (exact) mass is 210 g/mol. The van der Waals surface area contributed by atoms with Crippen molar-refractivity contribution in [2.24, 2.45) is 0 Å². The van der Waals surface area contributed by atoms with Crippen molar-refractivity contribution in [1.82, 2.24) is 9.78 Å². The number of hydrogen-bond acceptors (Lipinski definition) is 2. The number of aromatic nitrogens is 2. The largest absolute Gasteiger partial charge is 0.481 e. The van der Waals surface area contributed by atoms with E-state index in [1.54, 1.807) is 6.20 Å². The molecule has 0 saturated heterocycles. The van der Waals surface area contributed by atoms with E-state index in [-0.39, 0.29) is 6.42 Å². The summed E-state index contributed by atoms with van der Waals surface area (Å²) in [4.78, 5) is 10.5. The summed E-state index contributed by atoms with van der Waals surface area (Å²) >= 11 is 0. The maximum Gasteiger partial charge on any atom is 0.303 e. The van der Waals surface area contributed by atoms with Gasteiger partial charge in [-0.2, -0.15) is 5.10 Å². The molecule has 1 aromatic rings. The Morgan fingerprint density at radius 2 is 2.27 bits per heavy atom. The average Bonchev–Trinajstić information content (AvgIpc) is 2.57. The van der Waals surface area contributed by atoms with Gasteiger partial charge < -0.3 is 5.11 Å². The van der Waals surface area contributed by atoms with Gasteiger partial charge in [-0.05, 0) is 32.3 Å². The minimum absolute atomic E-state index is 0.177. The van der Waals surface area contributed by atoms with Gasteiger partial charge in [-0.1, -0.05) is 6.92 Å². The standard InChI is InChI=1S/C11H18N2O2/c1-4-10-9(5-6-11(14)15)7-12-13(10)8(2)3/h7-8H,4-6H2,1-3H3,(H,14,15). The summed E-state index contributed by atoms with van der Waals surface area (Å²) in [5, 5.41) is 12.9. The van der Waals surface area contributed by atoms with Gasteiger partial charge in [-0.3, -0.25) is 9.48 Å². The first-order chi connectivity index (χ1) is 7.06. The summed E-state index contributed by atoms with van der Waals surface area (Å²) < 4.78 is 1.97. The van der Waals surface area contributed by atoms with E-state index in [9.17, 15) is 4.79 Å². The molecule has 0 fully saturated rings. The SMILES string of the molecule is CCc1c(CCC(=O)O)cnn1C(C)C. The molecule has 0 amide bonds. The van der Waals surface area contributed by atoms with Gasteiger partial charge in [0.15, 0.2) is 0 Å². The Labute approximate surface area is 89.9 Å². The quantitative estimate of drug-likeness (QED) is 0.809. The normalized spacial score (nSPS) is 10.9. The van der Waals surface area contributed by atoms with Gasteiger partial charge in [-0.15, -0.1) is 0 Å². The summed E-state index contributed by atoms with van der Waals surface area (Å²) in [6.07, 6.45) is 3.44. The highest BCUT2D eigenvalue weighted by Crippen LogP contribution is 2.16. The van der Waals surface area contributed by atoms with Crippen molar-refractivity contribution in [2.45, 2.75) is 46.1 Å². The second kappa shape index (κ2) is 4.96. The molecule has 0 aromatic carbocycles. The fraction of sp³-hybridized carbons (Fsp3) is 0.636. The number of aliphatic carboxylic acids is 1. The molecule has 0 bridgehead atoms. The molecule has 84 valence electrons. The summed E-state index contributed by atoms with van der Waals surface area (Å²) in [6, 6.07) is 0.332. The minimum Gasteiger partial charge on any atom is -0.481 e. The van der Waals surface area contributed by atoms with Crippen LogP contribution in [0.4, 0.5) is 0 Å². The van der Waals surface area contributed by atoms with Crippen LogP contribution in [-0.2, 0) is 17.6 Å². The van der Waals surface area contributed by atoms with Crippen LogP contribution in [0.15, 0.2) is 6.20 Å². The number of rotatable bonds is 5. The lowest BCUT2D eigenvalue weighted by Crippen LogP contribution is -2.08. The van der Waals surface area contributed by atoms with Crippen molar-refractivity contribution < 1.29 is 9.90 Å². The third kappa shape index (κ3) is 2.81. The molecule has 1 heterocycles. The zero-order valence-electron chi connectivity index (χ0n) is 9.53. The average molecular weight is 210 g/mol. The van der Waals surface area contributed by atoms with E-state index < -0.39 is 5.97 Å². The van der Waals surface area contributed by atoms with Crippen molar-refractivity contribution in [1.29, 1.82) is 0 Å². The highest BCUT2D eigenvalue weighted by Gasteiger charge is 2.11. The van der Waals surface area contributed by atoms with E-state index in [1.165, 1.54) is 0 Å². The van der Waals surface area contributed by atoms with Gasteiger partial charge in [0.05, 0.1) is 6.20 Å². The van der Waals surface area contributed by atoms with Gasteiger partial charge in [0.2, 0.25) is 0 Å².